The first-order valence-corrected chi connectivity index (χ1v) is 11.3. The summed E-state index contributed by atoms with van der Waals surface area (Å²) in [4.78, 5) is 7.74. The van der Waals surface area contributed by atoms with Gasteiger partial charge in [0.15, 0.2) is 0 Å². The van der Waals surface area contributed by atoms with Gasteiger partial charge in [-0.2, -0.15) is 17.5 Å². The minimum absolute atomic E-state index is 0.0497. The Bertz CT molecular complexity index is 1190. The molecule has 2 heterocycles. The minimum Gasteiger partial charge on any atom is -0.497 e. The maximum absolute atomic E-state index is 12.9. The van der Waals surface area contributed by atoms with Crippen LogP contribution in [0, 0.1) is 0 Å². The highest BCUT2D eigenvalue weighted by molar-refractivity contribution is 9.10. The van der Waals surface area contributed by atoms with Crippen LogP contribution < -0.4 is 10.1 Å². The van der Waals surface area contributed by atoms with Gasteiger partial charge >= 0.3 is 6.18 Å². The van der Waals surface area contributed by atoms with Gasteiger partial charge in [0.05, 0.1) is 17.1 Å². The lowest BCUT2D eigenvalue weighted by atomic mass is 10.2. The molecular formula is C20H18BrF3N4O3S. The summed E-state index contributed by atoms with van der Waals surface area (Å²) in [6, 6.07) is 10.4. The van der Waals surface area contributed by atoms with Crippen molar-refractivity contribution in [1.82, 2.24) is 14.3 Å². The van der Waals surface area contributed by atoms with E-state index in [1.54, 1.807) is 31.4 Å². The van der Waals surface area contributed by atoms with E-state index in [2.05, 4.69) is 31.2 Å². The standard InChI is InChI=1S/C20H18BrF3N4O3S/c1-28(12-13-3-6-15(31-2)7-4-13)32(29,30)16-9-17(21)19(26-11-16)27-18-8-5-14(10-25-18)20(22,23)24/h3-11H,12H2,1-2H3,(H,25,26,27). The fourth-order valence-corrected chi connectivity index (χ4v) is 4.39. The molecule has 0 aliphatic heterocycles. The molecule has 0 atom stereocenters. The monoisotopic (exact) mass is 530 g/mol. The van der Waals surface area contributed by atoms with Gasteiger partial charge in [-0.25, -0.2) is 18.4 Å². The quantitative estimate of drug-likeness (QED) is 0.470. The Kier molecular flexibility index (Phi) is 7.06. The molecule has 0 spiro atoms. The van der Waals surface area contributed by atoms with Crippen molar-refractivity contribution in [3.8, 4) is 5.75 Å². The van der Waals surface area contributed by atoms with Gasteiger partial charge in [-0.3, -0.25) is 0 Å². The number of nitrogens with one attached hydrogen (secondary N) is 1. The number of sulfonamides is 1. The summed E-state index contributed by atoms with van der Waals surface area (Å²) < 4.78 is 70.4. The Morgan fingerprint density at radius 1 is 1.09 bits per heavy atom. The van der Waals surface area contributed by atoms with Gasteiger partial charge in [0, 0.05) is 26.0 Å². The number of hydrogen-bond acceptors (Lipinski definition) is 6. The fourth-order valence-electron chi connectivity index (χ4n) is 2.66. The lowest BCUT2D eigenvalue weighted by Crippen LogP contribution is -2.26. The van der Waals surface area contributed by atoms with Crippen molar-refractivity contribution in [1.29, 1.82) is 0 Å². The van der Waals surface area contributed by atoms with Crippen LogP contribution in [0.4, 0.5) is 24.8 Å². The number of anilines is 2. The summed E-state index contributed by atoms with van der Waals surface area (Å²) in [5.74, 6) is 0.991. The van der Waals surface area contributed by atoms with Crippen LogP contribution in [0.25, 0.3) is 0 Å². The van der Waals surface area contributed by atoms with Crippen molar-refractivity contribution in [3.63, 3.8) is 0 Å². The van der Waals surface area contributed by atoms with Crippen LogP contribution in [0.5, 0.6) is 5.75 Å². The van der Waals surface area contributed by atoms with Crippen molar-refractivity contribution < 1.29 is 26.3 Å². The highest BCUT2D eigenvalue weighted by Gasteiger charge is 2.30. The van der Waals surface area contributed by atoms with Crippen molar-refractivity contribution in [2.24, 2.45) is 0 Å². The second-order valence-electron chi connectivity index (χ2n) is 6.67. The van der Waals surface area contributed by atoms with Gasteiger partial charge in [0.1, 0.15) is 22.3 Å². The lowest BCUT2D eigenvalue weighted by molar-refractivity contribution is -0.137. The normalized spacial score (nSPS) is 12.1. The van der Waals surface area contributed by atoms with Gasteiger partial charge in [-0.1, -0.05) is 12.1 Å². The third-order valence-electron chi connectivity index (χ3n) is 4.43. The first-order chi connectivity index (χ1) is 15.0. The molecule has 3 rings (SSSR count). The zero-order valence-electron chi connectivity index (χ0n) is 16.9. The van der Waals surface area contributed by atoms with E-state index in [-0.39, 0.29) is 23.1 Å². The molecule has 170 valence electrons. The first kappa shape index (κ1) is 24.0. The summed E-state index contributed by atoms with van der Waals surface area (Å²) in [6.07, 6.45) is -2.63. The Labute approximate surface area is 191 Å². The largest absolute Gasteiger partial charge is 0.497 e. The van der Waals surface area contributed by atoms with Crippen molar-refractivity contribution in [2.45, 2.75) is 17.6 Å². The number of benzene rings is 1. The van der Waals surface area contributed by atoms with Crippen LogP contribution in [0.2, 0.25) is 0 Å². The van der Waals surface area contributed by atoms with Crippen molar-refractivity contribution in [3.05, 3.63) is 70.5 Å². The van der Waals surface area contributed by atoms with Gasteiger partial charge in [-0.15, -0.1) is 0 Å². The van der Waals surface area contributed by atoms with Gasteiger partial charge < -0.3 is 10.1 Å². The second-order valence-corrected chi connectivity index (χ2v) is 9.56. The smallest absolute Gasteiger partial charge is 0.417 e. The molecule has 12 heteroatoms. The Morgan fingerprint density at radius 2 is 1.78 bits per heavy atom. The maximum Gasteiger partial charge on any atom is 0.417 e. The van der Waals surface area contributed by atoms with E-state index in [0.29, 0.717) is 16.4 Å². The number of halogens is 4. The molecule has 1 aromatic carbocycles. The Balaban J connectivity index is 1.75. The van der Waals surface area contributed by atoms with Crippen molar-refractivity contribution >= 4 is 37.6 Å². The average Bonchev–Trinajstić information content (AvgIpc) is 2.75. The summed E-state index contributed by atoms with van der Waals surface area (Å²) in [7, 11) is -0.851. The number of alkyl halides is 3. The van der Waals surface area contributed by atoms with E-state index in [1.165, 1.54) is 17.4 Å². The van der Waals surface area contributed by atoms with Crippen LogP contribution in [-0.2, 0) is 22.7 Å². The molecule has 0 saturated heterocycles. The fraction of sp³-hybridized carbons (Fsp3) is 0.200. The number of methoxy groups -OCH3 is 1. The van der Waals surface area contributed by atoms with Gasteiger partial charge in [0.2, 0.25) is 10.0 Å². The summed E-state index contributed by atoms with van der Waals surface area (Å²) in [5, 5.41) is 2.75. The molecule has 0 amide bonds. The molecule has 3 aromatic rings. The van der Waals surface area contributed by atoms with Crippen LogP contribution >= 0.6 is 15.9 Å². The Morgan fingerprint density at radius 3 is 2.31 bits per heavy atom. The van der Waals surface area contributed by atoms with Crippen molar-refractivity contribution in [2.75, 3.05) is 19.5 Å². The lowest BCUT2D eigenvalue weighted by Gasteiger charge is -2.18. The number of hydrogen-bond donors (Lipinski definition) is 1. The second kappa shape index (κ2) is 9.43. The molecule has 0 saturated carbocycles. The van der Waals surface area contributed by atoms with E-state index >= 15 is 0 Å². The SMILES string of the molecule is COc1ccc(CN(C)S(=O)(=O)c2cnc(Nc3ccc(C(F)(F)F)cn3)c(Br)c2)cc1. The molecule has 7 nitrogen and oxygen atoms in total. The van der Waals surface area contributed by atoms with E-state index < -0.39 is 21.8 Å². The summed E-state index contributed by atoms with van der Waals surface area (Å²) in [5.41, 5.74) is -0.105. The molecule has 0 aliphatic rings. The highest BCUT2D eigenvalue weighted by atomic mass is 79.9. The molecular weight excluding hydrogens is 513 g/mol. The van der Waals surface area contributed by atoms with Crippen LogP contribution in [0.3, 0.4) is 0 Å². The zero-order valence-corrected chi connectivity index (χ0v) is 19.3. The van der Waals surface area contributed by atoms with Crippen LogP contribution in [0.15, 0.2) is 64.2 Å². The summed E-state index contributed by atoms with van der Waals surface area (Å²) >= 11 is 3.25. The highest BCUT2D eigenvalue weighted by Crippen LogP contribution is 2.30. The molecule has 2 aromatic heterocycles. The average molecular weight is 531 g/mol. The molecule has 0 aliphatic carbocycles. The predicted molar refractivity (Wildman–Crippen MR) is 116 cm³/mol. The van der Waals surface area contributed by atoms with E-state index in [1.807, 2.05) is 0 Å². The molecule has 0 fully saturated rings. The number of aromatic nitrogens is 2. The van der Waals surface area contributed by atoms with E-state index in [9.17, 15) is 21.6 Å². The van der Waals surface area contributed by atoms with Crippen LogP contribution in [-0.4, -0.2) is 36.8 Å². The van der Waals surface area contributed by atoms with E-state index in [4.69, 9.17) is 4.74 Å². The summed E-state index contributed by atoms with van der Waals surface area (Å²) in [6.45, 7) is 0.138. The third-order valence-corrected chi connectivity index (χ3v) is 6.80. The van der Waals surface area contributed by atoms with Crippen LogP contribution in [0.1, 0.15) is 11.1 Å². The third kappa shape index (κ3) is 5.56. The van der Waals surface area contributed by atoms with Gasteiger partial charge in [0.25, 0.3) is 0 Å². The molecule has 32 heavy (non-hydrogen) atoms. The topological polar surface area (TPSA) is 84.4 Å². The number of pyridine rings is 2. The maximum atomic E-state index is 12.9. The molecule has 0 bridgehead atoms. The van der Waals surface area contributed by atoms with E-state index in [0.717, 1.165) is 23.9 Å². The number of nitrogens with zero attached hydrogens (tertiary/aromatic N) is 3. The van der Waals surface area contributed by atoms with Gasteiger partial charge in [-0.05, 0) is 51.8 Å². The number of ether oxygens (including phenoxy) is 1. The zero-order chi connectivity index (χ0) is 23.5. The molecule has 1 N–H and O–H groups in total. The minimum atomic E-state index is -4.49. The first-order valence-electron chi connectivity index (χ1n) is 9.06. The number of rotatable bonds is 7. The molecule has 0 unspecified atom stereocenters. The molecule has 0 radical (unpaired) electrons. The Hall–Kier alpha value is -2.70. The predicted octanol–water partition coefficient (Wildman–Crippen LogP) is 4.83.